The molecule has 3 rings (SSSR count). The number of benzene rings is 1. The van der Waals surface area contributed by atoms with E-state index < -0.39 is 15.6 Å². The number of rotatable bonds is 5. The summed E-state index contributed by atoms with van der Waals surface area (Å²) in [5.41, 5.74) is 0.500. The van der Waals surface area contributed by atoms with Crippen molar-refractivity contribution >= 4 is 10.0 Å². The molecule has 130 valence electrons. The topological polar surface area (TPSA) is 93.5 Å². The first-order valence-electron chi connectivity index (χ1n) is 7.71. The molecule has 1 aliphatic rings. The van der Waals surface area contributed by atoms with Crippen LogP contribution in [-0.4, -0.2) is 36.7 Å². The van der Waals surface area contributed by atoms with Crippen molar-refractivity contribution in [2.75, 3.05) is 13.7 Å². The number of aromatic nitrogens is 2. The van der Waals surface area contributed by atoms with Crippen molar-refractivity contribution in [2.45, 2.75) is 29.9 Å². The fraction of sp³-hybridized carbons (Fsp3) is 0.438. The molecule has 7 nitrogen and oxygen atoms in total. The van der Waals surface area contributed by atoms with E-state index in [2.05, 4.69) is 9.71 Å². The summed E-state index contributed by atoms with van der Waals surface area (Å²) in [6.45, 7) is -0.0920. The molecule has 1 aromatic heterocycles. The fourth-order valence-corrected chi connectivity index (χ4v) is 4.13. The van der Waals surface area contributed by atoms with Crippen molar-refractivity contribution in [3.05, 3.63) is 41.9 Å². The van der Waals surface area contributed by atoms with Crippen LogP contribution in [0.2, 0.25) is 0 Å². The molecule has 2 N–H and O–H groups in total. The first kappa shape index (κ1) is 16.9. The molecule has 1 aromatic carbocycles. The Kier molecular flexibility index (Phi) is 4.37. The van der Waals surface area contributed by atoms with E-state index in [-0.39, 0.29) is 11.6 Å². The average Bonchev–Trinajstić information content (AvgIpc) is 3.00. The zero-order chi connectivity index (χ0) is 17.4. The number of hydrogen-bond donors (Lipinski definition) is 2. The van der Waals surface area contributed by atoms with Gasteiger partial charge in [-0.3, -0.25) is 0 Å². The molecule has 0 radical (unpaired) electrons. The maximum Gasteiger partial charge on any atom is 0.259 e. The third-order valence-electron chi connectivity index (χ3n) is 4.36. The van der Waals surface area contributed by atoms with Crippen LogP contribution in [0.4, 0.5) is 0 Å². The molecule has 0 spiro atoms. The van der Waals surface area contributed by atoms with Gasteiger partial charge in [0.2, 0.25) is 0 Å². The van der Waals surface area contributed by atoms with Gasteiger partial charge in [-0.2, -0.15) is 0 Å². The zero-order valence-electron chi connectivity index (χ0n) is 13.7. The molecule has 0 fully saturated rings. The summed E-state index contributed by atoms with van der Waals surface area (Å²) in [6.07, 6.45) is 4.96. The number of hydrogen-bond acceptors (Lipinski definition) is 5. The monoisotopic (exact) mass is 351 g/mol. The van der Waals surface area contributed by atoms with Gasteiger partial charge in [0.15, 0.2) is 5.03 Å². The Morgan fingerprint density at radius 1 is 1.46 bits per heavy atom. The number of ether oxygens (including phenoxy) is 1. The predicted octanol–water partition coefficient (Wildman–Crippen LogP) is 0.931. The Bertz CT molecular complexity index is 847. The van der Waals surface area contributed by atoms with Gasteiger partial charge in [0.1, 0.15) is 11.4 Å². The highest BCUT2D eigenvalue weighted by Crippen LogP contribution is 2.36. The van der Waals surface area contributed by atoms with E-state index in [0.717, 1.165) is 29.7 Å². The van der Waals surface area contributed by atoms with Crippen LogP contribution in [0.5, 0.6) is 5.75 Å². The number of sulfonamides is 1. The zero-order valence-corrected chi connectivity index (χ0v) is 14.5. The highest BCUT2D eigenvalue weighted by atomic mass is 32.2. The van der Waals surface area contributed by atoms with E-state index in [1.165, 1.54) is 12.5 Å². The summed E-state index contributed by atoms with van der Waals surface area (Å²) in [6, 6.07) is 5.48. The van der Waals surface area contributed by atoms with Crippen molar-refractivity contribution in [1.29, 1.82) is 0 Å². The van der Waals surface area contributed by atoms with Crippen LogP contribution in [0.25, 0.3) is 0 Å². The van der Waals surface area contributed by atoms with Gasteiger partial charge in [0, 0.05) is 19.8 Å². The summed E-state index contributed by atoms with van der Waals surface area (Å²) >= 11 is 0. The lowest BCUT2D eigenvalue weighted by molar-refractivity contribution is 0.0242. The molecule has 2 aromatic rings. The molecule has 1 atom stereocenters. The number of nitrogens with zero attached hydrogens (tertiary/aromatic N) is 2. The van der Waals surface area contributed by atoms with E-state index >= 15 is 0 Å². The smallest absolute Gasteiger partial charge is 0.259 e. The number of fused-ring (bicyclic) bond motifs is 1. The van der Waals surface area contributed by atoms with Crippen LogP contribution in [0.3, 0.4) is 0 Å². The number of aliphatic hydroxyl groups is 1. The van der Waals surface area contributed by atoms with Crippen molar-refractivity contribution in [3.63, 3.8) is 0 Å². The van der Waals surface area contributed by atoms with Gasteiger partial charge in [0.25, 0.3) is 10.0 Å². The molecule has 1 heterocycles. The van der Waals surface area contributed by atoms with E-state index in [4.69, 9.17) is 4.74 Å². The van der Waals surface area contributed by atoms with Crippen LogP contribution in [0.15, 0.2) is 35.7 Å². The second-order valence-electron chi connectivity index (χ2n) is 6.11. The first-order valence-corrected chi connectivity index (χ1v) is 9.20. The third-order valence-corrected chi connectivity index (χ3v) is 5.65. The van der Waals surface area contributed by atoms with Crippen LogP contribution < -0.4 is 9.46 Å². The molecule has 1 unspecified atom stereocenters. The first-order chi connectivity index (χ1) is 11.3. The predicted molar refractivity (Wildman–Crippen MR) is 88.2 cm³/mol. The number of nitrogens with one attached hydrogen (secondary N) is 1. The lowest BCUT2D eigenvalue weighted by atomic mass is 9.79. The van der Waals surface area contributed by atoms with E-state index in [0.29, 0.717) is 6.42 Å². The number of methoxy groups -OCH3 is 1. The molecule has 0 amide bonds. The molecule has 8 heteroatoms. The second-order valence-corrected chi connectivity index (χ2v) is 7.82. The Balaban J connectivity index is 1.83. The standard InChI is InChI=1S/C16H21N3O4S/c1-19-9-15(17-11-19)24(21,22)18-10-16(20)7-3-4-12-8-13(23-2)5-6-14(12)16/h5-6,8-9,11,18,20H,3-4,7,10H2,1-2H3. The van der Waals surface area contributed by atoms with E-state index in [9.17, 15) is 13.5 Å². The van der Waals surface area contributed by atoms with Crippen molar-refractivity contribution in [1.82, 2.24) is 14.3 Å². The average molecular weight is 351 g/mol. The Hall–Kier alpha value is -1.90. The minimum atomic E-state index is -3.76. The van der Waals surface area contributed by atoms with E-state index in [1.807, 2.05) is 12.1 Å². The molecule has 0 saturated carbocycles. The highest BCUT2D eigenvalue weighted by Gasteiger charge is 2.36. The number of imidazole rings is 1. The second kappa shape index (κ2) is 6.19. The molecule has 0 saturated heterocycles. The Labute approximate surface area is 141 Å². The largest absolute Gasteiger partial charge is 0.497 e. The Morgan fingerprint density at radius 3 is 2.92 bits per heavy atom. The van der Waals surface area contributed by atoms with Gasteiger partial charge in [-0.05, 0) is 42.5 Å². The van der Waals surface area contributed by atoms with Crippen LogP contribution in [-0.2, 0) is 29.1 Å². The van der Waals surface area contributed by atoms with E-state index in [1.54, 1.807) is 24.8 Å². The lowest BCUT2D eigenvalue weighted by Gasteiger charge is -2.34. The summed E-state index contributed by atoms with van der Waals surface area (Å²) in [7, 11) is -0.465. The van der Waals surface area contributed by atoms with Gasteiger partial charge in [-0.15, -0.1) is 0 Å². The van der Waals surface area contributed by atoms with Crippen LogP contribution >= 0.6 is 0 Å². The molecular formula is C16H21N3O4S. The number of aryl methyl sites for hydroxylation is 2. The quantitative estimate of drug-likeness (QED) is 0.836. The minimum absolute atomic E-state index is 0.0561. The SMILES string of the molecule is COc1ccc2c(c1)CCCC2(O)CNS(=O)(=O)c1cn(C)cn1. The van der Waals surface area contributed by atoms with Crippen molar-refractivity contribution in [2.24, 2.45) is 7.05 Å². The normalized spacial score (nSPS) is 20.6. The summed E-state index contributed by atoms with van der Waals surface area (Å²) in [5, 5.41) is 11.0. The lowest BCUT2D eigenvalue weighted by Crippen LogP contribution is -2.43. The van der Waals surface area contributed by atoms with Crippen molar-refractivity contribution in [3.8, 4) is 5.75 Å². The fourth-order valence-electron chi connectivity index (χ4n) is 3.06. The van der Waals surface area contributed by atoms with Gasteiger partial charge < -0.3 is 14.4 Å². The van der Waals surface area contributed by atoms with Gasteiger partial charge in [-0.1, -0.05) is 6.07 Å². The molecule has 24 heavy (non-hydrogen) atoms. The summed E-state index contributed by atoms with van der Waals surface area (Å²) < 4.78 is 33.9. The molecule has 1 aliphatic carbocycles. The molecule has 0 bridgehead atoms. The Morgan fingerprint density at radius 2 is 2.25 bits per heavy atom. The maximum atomic E-state index is 12.3. The van der Waals surface area contributed by atoms with Crippen LogP contribution in [0.1, 0.15) is 24.0 Å². The molecular weight excluding hydrogens is 330 g/mol. The summed E-state index contributed by atoms with van der Waals surface area (Å²) in [5.74, 6) is 0.729. The molecule has 0 aliphatic heterocycles. The highest BCUT2D eigenvalue weighted by molar-refractivity contribution is 7.89. The third kappa shape index (κ3) is 3.17. The van der Waals surface area contributed by atoms with Crippen molar-refractivity contribution < 1.29 is 18.3 Å². The van der Waals surface area contributed by atoms with Gasteiger partial charge in [0.05, 0.1) is 13.4 Å². The van der Waals surface area contributed by atoms with Gasteiger partial charge >= 0.3 is 0 Å². The minimum Gasteiger partial charge on any atom is -0.497 e. The van der Waals surface area contributed by atoms with Crippen LogP contribution in [0, 0.1) is 0 Å². The van der Waals surface area contributed by atoms with Gasteiger partial charge in [-0.25, -0.2) is 18.1 Å². The maximum absolute atomic E-state index is 12.3. The summed E-state index contributed by atoms with van der Waals surface area (Å²) in [4.78, 5) is 3.86.